The summed E-state index contributed by atoms with van der Waals surface area (Å²) in [6, 6.07) is 12.8. The van der Waals surface area contributed by atoms with Crippen molar-refractivity contribution in [3.05, 3.63) is 58.1 Å². The van der Waals surface area contributed by atoms with Crippen LogP contribution in [0.2, 0.25) is 0 Å². The van der Waals surface area contributed by atoms with E-state index >= 15 is 0 Å². The lowest BCUT2D eigenvalue weighted by molar-refractivity contribution is -0.126. The summed E-state index contributed by atoms with van der Waals surface area (Å²) in [5.74, 6) is 1.15. The van der Waals surface area contributed by atoms with Gasteiger partial charge in [-0.2, -0.15) is 0 Å². The second kappa shape index (κ2) is 13.4. The van der Waals surface area contributed by atoms with Gasteiger partial charge in [0.15, 0.2) is 0 Å². The predicted molar refractivity (Wildman–Crippen MR) is 183 cm³/mol. The van der Waals surface area contributed by atoms with Gasteiger partial charge in [-0.25, -0.2) is 9.78 Å². The Kier molecular flexibility index (Phi) is 9.44. The van der Waals surface area contributed by atoms with E-state index in [4.69, 9.17) is 14.5 Å². The Morgan fingerprint density at radius 3 is 2.43 bits per heavy atom. The zero-order valence-electron chi connectivity index (χ0n) is 28.0. The number of amides is 2. The number of piperidine rings is 2. The molecule has 46 heavy (non-hydrogen) atoms. The smallest absolute Gasteiger partial charge is 0.410 e. The monoisotopic (exact) mass is 644 g/mol. The summed E-state index contributed by atoms with van der Waals surface area (Å²) in [7, 11) is 0. The Labute approximate surface area is 277 Å². The number of hydrogen-bond donors (Lipinski definition) is 1. The molecule has 8 nitrogen and oxygen atoms in total. The molecule has 2 aromatic carbocycles. The molecule has 2 fully saturated rings. The zero-order valence-corrected chi connectivity index (χ0v) is 28.9. The highest BCUT2D eigenvalue weighted by molar-refractivity contribution is 7.15. The van der Waals surface area contributed by atoms with Crippen molar-refractivity contribution < 1.29 is 19.1 Å². The van der Waals surface area contributed by atoms with Crippen LogP contribution in [0.15, 0.2) is 36.4 Å². The van der Waals surface area contributed by atoms with Crippen LogP contribution in [0.3, 0.4) is 0 Å². The fourth-order valence-corrected chi connectivity index (χ4v) is 8.22. The molecular formula is C37H48N4O4S. The number of hydrogen-bond acceptors (Lipinski definition) is 7. The number of aromatic nitrogens is 1. The molecule has 3 aliphatic rings. The molecule has 2 amide bonds. The summed E-state index contributed by atoms with van der Waals surface area (Å²) in [6.45, 7) is 14.9. The van der Waals surface area contributed by atoms with Crippen LogP contribution in [0, 0.1) is 13.8 Å². The molecule has 246 valence electrons. The Bertz CT molecular complexity index is 1580. The van der Waals surface area contributed by atoms with Gasteiger partial charge in [0.25, 0.3) is 0 Å². The number of nitrogens with zero attached hydrogens (tertiary/aromatic N) is 3. The molecule has 0 saturated carbocycles. The maximum absolute atomic E-state index is 12.7. The van der Waals surface area contributed by atoms with Crippen LogP contribution >= 0.6 is 11.3 Å². The van der Waals surface area contributed by atoms with Crippen molar-refractivity contribution in [2.45, 2.75) is 97.2 Å². The minimum absolute atomic E-state index is 0.0389. The largest absolute Gasteiger partial charge is 0.493 e. The lowest BCUT2D eigenvalue weighted by Gasteiger charge is -2.44. The van der Waals surface area contributed by atoms with Crippen molar-refractivity contribution in [3.63, 3.8) is 0 Å². The number of rotatable bonds is 7. The molecule has 0 radical (unpaired) electrons. The molecule has 6 rings (SSSR count). The summed E-state index contributed by atoms with van der Waals surface area (Å²) in [4.78, 5) is 35.2. The summed E-state index contributed by atoms with van der Waals surface area (Å²) in [6.07, 6.45) is 6.40. The molecule has 4 heterocycles. The number of ether oxygens (including phenoxy) is 2. The first-order valence-corrected chi connectivity index (χ1v) is 17.6. The van der Waals surface area contributed by atoms with Gasteiger partial charge in [0.1, 0.15) is 16.4 Å². The third-order valence-electron chi connectivity index (χ3n) is 9.67. The van der Waals surface area contributed by atoms with Crippen molar-refractivity contribution in [1.29, 1.82) is 0 Å². The molecule has 3 aromatic rings. The van der Waals surface area contributed by atoms with Gasteiger partial charge in [-0.15, -0.1) is 11.3 Å². The molecule has 0 aliphatic carbocycles. The van der Waals surface area contributed by atoms with E-state index in [1.807, 2.05) is 20.8 Å². The molecule has 1 N–H and O–H groups in total. The van der Waals surface area contributed by atoms with E-state index in [-0.39, 0.29) is 17.5 Å². The number of nitrogens with one attached hydrogen (secondary N) is 1. The average Bonchev–Trinajstić information content (AvgIpc) is 3.44. The van der Waals surface area contributed by atoms with Crippen molar-refractivity contribution >= 4 is 23.3 Å². The highest BCUT2D eigenvalue weighted by Crippen LogP contribution is 2.39. The lowest BCUT2D eigenvalue weighted by atomic mass is 9.80. The number of fused-ring (bicyclic) bond motifs is 1. The number of carbonyl (C=O) groups is 2. The highest BCUT2D eigenvalue weighted by Gasteiger charge is 2.37. The van der Waals surface area contributed by atoms with Crippen molar-refractivity contribution in [2.75, 3.05) is 32.8 Å². The topological polar surface area (TPSA) is 84.0 Å². The minimum atomic E-state index is -0.517. The van der Waals surface area contributed by atoms with Crippen LogP contribution in [-0.2, 0) is 22.5 Å². The summed E-state index contributed by atoms with van der Waals surface area (Å²) < 4.78 is 12.0. The quantitative estimate of drug-likeness (QED) is 0.272. The van der Waals surface area contributed by atoms with Gasteiger partial charge in [-0.1, -0.05) is 30.3 Å². The molecule has 3 aliphatic heterocycles. The molecule has 0 unspecified atom stereocenters. The van der Waals surface area contributed by atoms with Crippen molar-refractivity contribution in [3.8, 4) is 27.4 Å². The van der Waals surface area contributed by atoms with E-state index in [9.17, 15) is 9.59 Å². The molecule has 2 saturated heterocycles. The zero-order chi connectivity index (χ0) is 32.5. The van der Waals surface area contributed by atoms with Crippen molar-refractivity contribution in [2.24, 2.45) is 0 Å². The standard InChI is InChI=1S/C37H48N4O4S/c1-25-27(10-6-12-29(25)34-38-30-24-41(20-15-32(30)46-34)35(43)45-36(3,4)5)28-11-7-13-31(26(28)2)44-23-9-19-40-21-17-37(18-22-40)16-8-14-33(42)39-37/h6-7,10-13H,8-9,14-24H2,1-5H3,(H,39,42). The normalized spacial score (nSPS) is 18.3. The van der Waals surface area contributed by atoms with Crippen LogP contribution in [0.4, 0.5) is 4.79 Å². The van der Waals surface area contributed by atoms with Gasteiger partial charge in [0.2, 0.25) is 5.91 Å². The molecule has 9 heteroatoms. The van der Waals surface area contributed by atoms with Gasteiger partial charge >= 0.3 is 6.09 Å². The van der Waals surface area contributed by atoms with Gasteiger partial charge in [0, 0.05) is 55.0 Å². The van der Waals surface area contributed by atoms with Crippen LogP contribution < -0.4 is 10.1 Å². The first-order chi connectivity index (χ1) is 22.0. The van der Waals surface area contributed by atoms with Gasteiger partial charge in [-0.05, 0) is 95.0 Å². The first-order valence-electron chi connectivity index (χ1n) is 16.8. The van der Waals surface area contributed by atoms with Gasteiger partial charge in [-0.3, -0.25) is 4.79 Å². The SMILES string of the molecule is Cc1c(OCCCN2CCC3(CCCC(=O)N3)CC2)cccc1-c1cccc(-c2nc3c(s2)CCN(C(=O)OC(C)(C)C)C3)c1C. The fraction of sp³-hybridized carbons (Fsp3) is 0.541. The third kappa shape index (κ3) is 7.26. The van der Waals surface area contributed by atoms with Crippen LogP contribution in [0.25, 0.3) is 21.7 Å². The van der Waals surface area contributed by atoms with Gasteiger partial charge < -0.3 is 24.6 Å². The second-order valence-electron chi connectivity index (χ2n) is 14.2. The Balaban J connectivity index is 1.08. The van der Waals surface area contributed by atoms with Crippen molar-refractivity contribution in [1.82, 2.24) is 20.1 Å². The lowest BCUT2D eigenvalue weighted by Crippen LogP contribution is -2.57. The Morgan fingerprint density at radius 1 is 0.978 bits per heavy atom. The Morgan fingerprint density at radius 2 is 1.70 bits per heavy atom. The average molecular weight is 645 g/mol. The van der Waals surface area contributed by atoms with E-state index < -0.39 is 5.60 Å². The molecule has 1 aromatic heterocycles. The summed E-state index contributed by atoms with van der Waals surface area (Å²) in [5.41, 5.74) is 6.30. The van der Waals surface area contributed by atoms with E-state index in [1.54, 1.807) is 16.2 Å². The van der Waals surface area contributed by atoms with Crippen LogP contribution in [0.1, 0.15) is 81.0 Å². The number of benzene rings is 2. The molecule has 1 spiro atoms. The van der Waals surface area contributed by atoms with Crippen LogP contribution in [-0.4, -0.2) is 70.7 Å². The van der Waals surface area contributed by atoms with Gasteiger partial charge in [0.05, 0.1) is 18.8 Å². The van der Waals surface area contributed by atoms with E-state index in [0.29, 0.717) is 26.1 Å². The minimum Gasteiger partial charge on any atom is -0.493 e. The summed E-state index contributed by atoms with van der Waals surface area (Å²) in [5, 5.41) is 4.29. The number of likely N-dealkylation sites (tertiary alicyclic amines) is 1. The van der Waals surface area contributed by atoms with E-state index in [1.165, 1.54) is 21.6 Å². The summed E-state index contributed by atoms with van der Waals surface area (Å²) >= 11 is 1.74. The van der Waals surface area contributed by atoms with Crippen LogP contribution in [0.5, 0.6) is 5.75 Å². The first kappa shape index (κ1) is 32.5. The molecular weight excluding hydrogens is 596 g/mol. The second-order valence-corrected chi connectivity index (χ2v) is 15.3. The third-order valence-corrected chi connectivity index (χ3v) is 10.9. The molecule has 0 atom stereocenters. The van der Waals surface area contributed by atoms with E-state index in [2.05, 4.69) is 60.5 Å². The maximum Gasteiger partial charge on any atom is 0.410 e. The van der Waals surface area contributed by atoms with E-state index in [0.717, 1.165) is 85.7 Å². The predicted octanol–water partition coefficient (Wildman–Crippen LogP) is 7.29. The fourth-order valence-electron chi connectivity index (χ4n) is 7.08. The Hall–Kier alpha value is -3.43. The highest BCUT2D eigenvalue weighted by atomic mass is 32.1. The molecule has 0 bridgehead atoms. The number of carbonyl (C=O) groups excluding carboxylic acids is 2. The number of thiazole rings is 1. The maximum atomic E-state index is 12.7.